The molecule has 23 nitrogen and oxygen atoms in total. The van der Waals surface area contributed by atoms with Crippen LogP contribution in [0.2, 0.25) is 15.1 Å². The molecule has 0 aliphatic carbocycles. The number of benzene rings is 6. The Labute approximate surface area is 752 Å². The second-order valence-corrected chi connectivity index (χ2v) is 35.6. The maximum atomic E-state index is 13.0. The highest BCUT2D eigenvalue weighted by atomic mass is 79.9. The van der Waals surface area contributed by atoms with Gasteiger partial charge in [-0.2, -0.15) is 0 Å². The van der Waals surface area contributed by atoms with Crippen LogP contribution in [0.15, 0.2) is 201 Å². The number of hydrogen-bond acceptors (Lipinski definition) is 16. The molecule has 0 fully saturated rings. The van der Waals surface area contributed by atoms with Crippen molar-refractivity contribution >= 4 is 178 Å². The number of rotatable bonds is 27. The highest BCUT2D eigenvalue weighted by molar-refractivity contribution is 9.09. The van der Waals surface area contributed by atoms with Crippen molar-refractivity contribution in [1.29, 1.82) is 0 Å². The first-order chi connectivity index (χ1) is 56.0. The number of carbonyl (C=O) groups excluding carboxylic acids is 7. The summed E-state index contributed by atoms with van der Waals surface area (Å²) in [5.74, 6) is 3.09. The lowest BCUT2D eigenvalue weighted by Gasteiger charge is -2.32. The number of aliphatic hydroxyl groups excluding tert-OH is 3. The summed E-state index contributed by atoms with van der Waals surface area (Å²) in [5, 5.41) is 40.2. The van der Waals surface area contributed by atoms with Crippen LogP contribution in [0.3, 0.4) is 0 Å². The number of nitrogens with zero attached hydrogens (tertiary/aromatic N) is 4. The summed E-state index contributed by atoms with van der Waals surface area (Å²) >= 11 is 60.1. The van der Waals surface area contributed by atoms with Gasteiger partial charge in [-0.1, -0.05) is 248 Å². The van der Waals surface area contributed by atoms with Crippen LogP contribution >= 0.6 is 133 Å². The van der Waals surface area contributed by atoms with Crippen LogP contribution in [-0.4, -0.2) is 183 Å². The minimum Gasteiger partial charge on any atom is -0.394 e. The van der Waals surface area contributed by atoms with E-state index in [1.807, 2.05) is 211 Å². The number of nitrogens with two attached hydrogens (primary N) is 2. The Bertz CT molecular complexity index is 4930. The molecule has 4 unspecified atom stereocenters. The third-order valence-corrected chi connectivity index (χ3v) is 20.5. The monoisotopic (exact) mass is 1890 g/mol. The number of ketones is 5. The molecule has 10 rings (SSSR count). The maximum absolute atomic E-state index is 13.0. The Morgan fingerprint density at radius 2 is 0.840 bits per heavy atom. The van der Waals surface area contributed by atoms with Crippen molar-refractivity contribution in [1.82, 2.24) is 55.6 Å². The first-order valence-electron chi connectivity index (χ1n) is 36.5. The van der Waals surface area contributed by atoms with Gasteiger partial charge in [0.25, 0.3) is 19.4 Å². The molecule has 34 heteroatoms. The fourth-order valence-corrected chi connectivity index (χ4v) is 13.0. The summed E-state index contributed by atoms with van der Waals surface area (Å²) < 4.78 is -3.94. The van der Waals surface area contributed by atoms with E-state index in [0.717, 1.165) is 56.6 Å². The van der Waals surface area contributed by atoms with Gasteiger partial charge in [-0.3, -0.25) is 38.6 Å². The second-order valence-electron chi connectivity index (χ2n) is 28.5. The van der Waals surface area contributed by atoms with Gasteiger partial charge in [0.2, 0.25) is 11.6 Å². The third-order valence-electron chi connectivity index (χ3n) is 17.1. The summed E-state index contributed by atoms with van der Waals surface area (Å²) in [6, 6.07) is 51.0. The van der Waals surface area contributed by atoms with Gasteiger partial charge in [0.05, 0.1) is 49.3 Å². The van der Waals surface area contributed by atoms with Gasteiger partial charge in [0.1, 0.15) is 16.2 Å². The normalized spacial score (nSPS) is 12.2. The molecule has 0 aliphatic heterocycles. The highest BCUT2D eigenvalue weighted by Crippen LogP contribution is 2.34. The van der Waals surface area contributed by atoms with E-state index in [2.05, 4.69) is 51.8 Å². The molecular weight excluding hydrogens is 1790 g/mol. The van der Waals surface area contributed by atoms with Gasteiger partial charge in [-0.25, -0.2) is 5.84 Å². The zero-order valence-electron chi connectivity index (χ0n) is 66.8. The van der Waals surface area contributed by atoms with E-state index in [0.29, 0.717) is 55.7 Å². The van der Waals surface area contributed by atoms with Gasteiger partial charge < -0.3 is 71.6 Å². The second kappa shape index (κ2) is 49.3. The molecule has 6 aromatic carbocycles. The number of aromatic nitrogens is 4. The van der Waals surface area contributed by atoms with E-state index in [4.69, 9.17) is 133 Å². The van der Waals surface area contributed by atoms with Crippen molar-refractivity contribution in [2.45, 2.75) is 89.3 Å². The average Bonchev–Trinajstić information content (AvgIpc) is 1.44. The van der Waals surface area contributed by atoms with Crippen LogP contribution in [0.5, 0.6) is 0 Å². The molecule has 119 heavy (non-hydrogen) atoms. The van der Waals surface area contributed by atoms with E-state index in [1.54, 1.807) is 37.5 Å². The van der Waals surface area contributed by atoms with Crippen molar-refractivity contribution in [2.75, 3.05) is 69.2 Å². The minimum absolute atomic E-state index is 0.00398. The van der Waals surface area contributed by atoms with Crippen LogP contribution in [0, 0.1) is 0 Å². The van der Waals surface area contributed by atoms with Crippen LogP contribution in [0.4, 0.5) is 0 Å². The molecule has 0 spiro atoms. The molecule has 0 radical (unpaired) electrons. The number of alkyl halides is 7. The van der Waals surface area contributed by atoms with Gasteiger partial charge in [-0.15, -0.1) is 0 Å². The lowest BCUT2D eigenvalue weighted by atomic mass is 10.0. The summed E-state index contributed by atoms with van der Waals surface area (Å²) in [5.41, 5.74) is 15.3. The standard InChI is InChI=1S/C24H25BrClN3O3.C24H26ClN3O3.C17H16Cl4N2O2.C8H11NO.C6H4Cl3NO.C6H15N3S/c1-29(2)13-17-9-8-16(10-19(17)26)22(25)23(31)18-11-20(27-12-18)24(32)28-21(14-30)15-6-4-3-5-7-15;1-28(2)14-18-9-8-16(10-20(18)25)11-23(30)19-12-21(26-13-19)24(31)27-22(15-29)17-6-4-3-5-7-17;1-23(2)9-11-4-3-10(5-13(11)18)6-15(24)12-7-14(22-8-12)16(25)17(19,20)21;9-8(6-10)7-4-2-1-3-5-7;7-6(8,9)5(11)4-2-1-3-10-4;1-6(2,3)9(7)5(10)8-4/h3-12,21-22,27,30H,13-14H2,1-2H3,(H,28,32);3-10,12-13,22,26,29H,11,14-15H2,1-2H3,(H,27,31);3-5,7-8,22H,6,9H2,1-2H3;1-5,8,10H,6,9H2;1-3,10H;7H2,1-4H3,(H,8,10). The molecular formula is C85H97BrCl9N13O10S. The van der Waals surface area contributed by atoms with Crippen molar-refractivity contribution in [3.63, 3.8) is 0 Å². The first-order valence-corrected chi connectivity index (χ1v) is 41.3. The number of carbonyl (C=O) groups is 7. The predicted molar refractivity (Wildman–Crippen MR) is 486 cm³/mol. The molecule has 4 heterocycles. The number of hydrazine groups is 1. The number of Topliss-reactive ketones (excluding diaryl/α,β-unsaturated/α-hetero) is 5. The molecule has 10 aromatic rings. The van der Waals surface area contributed by atoms with Crippen molar-refractivity contribution in [2.24, 2.45) is 11.6 Å². The zero-order chi connectivity index (χ0) is 88.6. The highest BCUT2D eigenvalue weighted by Gasteiger charge is 2.34. The largest absolute Gasteiger partial charge is 0.394 e. The van der Waals surface area contributed by atoms with E-state index >= 15 is 0 Å². The van der Waals surface area contributed by atoms with Crippen LogP contribution in [0.1, 0.15) is 167 Å². The molecule has 4 atom stereocenters. The van der Waals surface area contributed by atoms with Gasteiger partial charge in [-0.05, 0) is 174 Å². The Kier molecular flexibility index (Phi) is 42.2. The topological polar surface area (TPSA) is 344 Å². The quantitative estimate of drug-likeness (QED) is 0.00748. The molecule has 0 saturated heterocycles. The lowest BCUT2D eigenvalue weighted by molar-refractivity contribution is 0.0904. The number of halogens is 10. The predicted octanol–water partition coefficient (Wildman–Crippen LogP) is 16.5. The Morgan fingerprint density at radius 1 is 0.471 bits per heavy atom. The number of amides is 2. The summed E-state index contributed by atoms with van der Waals surface area (Å²) in [6.07, 6.45) is 6.38. The molecule has 0 aliphatic rings. The zero-order valence-corrected chi connectivity index (χ0v) is 76.1. The fourth-order valence-electron chi connectivity index (χ4n) is 10.8. The van der Waals surface area contributed by atoms with Gasteiger partial charge in [0, 0.05) is 102 Å². The molecule has 2 amide bonds. The molecule has 0 bridgehead atoms. The number of aromatic amines is 4. The molecule has 0 saturated carbocycles. The lowest BCUT2D eigenvalue weighted by Crippen LogP contribution is -2.53. The number of nitrogens with one attached hydrogen (secondary N) is 7. The third kappa shape index (κ3) is 33.9. The number of aliphatic hydroxyl groups is 3. The van der Waals surface area contributed by atoms with E-state index in [9.17, 15) is 43.8 Å². The summed E-state index contributed by atoms with van der Waals surface area (Å²) in [4.78, 5) is 103. The number of H-pyrrole nitrogens is 4. The van der Waals surface area contributed by atoms with Gasteiger partial charge >= 0.3 is 0 Å². The Balaban J connectivity index is 0.000000270. The van der Waals surface area contributed by atoms with E-state index < -0.39 is 47.9 Å². The van der Waals surface area contributed by atoms with Gasteiger partial charge in [0.15, 0.2) is 22.5 Å². The smallest absolute Gasteiger partial charge is 0.268 e. The van der Waals surface area contributed by atoms with Crippen LogP contribution < -0.4 is 27.5 Å². The average molecular weight is 1890 g/mol. The molecule has 4 aromatic heterocycles. The van der Waals surface area contributed by atoms with Crippen LogP contribution in [0.25, 0.3) is 0 Å². The summed E-state index contributed by atoms with van der Waals surface area (Å²) in [7, 11) is 13.5. The molecule has 14 N–H and O–H groups in total. The van der Waals surface area contributed by atoms with Crippen LogP contribution in [-0.2, 0) is 32.5 Å². The molecule has 638 valence electrons. The Morgan fingerprint density at radius 3 is 1.18 bits per heavy atom. The minimum atomic E-state index is -2.07. The van der Waals surface area contributed by atoms with E-state index in [1.165, 1.54) is 41.8 Å². The van der Waals surface area contributed by atoms with Crippen molar-refractivity contribution < 1.29 is 48.9 Å². The van der Waals surface area contributed by atoms with Crippen molar-refractivity contribution in [3.05, 3.63) is 305 Å². The number of hydrogen-bond donors (Lipinski definition) is 12. The SMILES string of the molecule is CN(C)Cc1ccc(C(Br)C(=O)c2c[nH]c(C(=O)NC(CO)c3ccccc3)c2)cc1Cl.CN(C)Cc1ccc(CC(=O)c2c[nH]c(C(=O)C(Cl)(Cl)Cl)c2)cc1Cl.CN(C)Cc1ccc(CC(=O)c2c[nH]c(C(=O)NC(CO)c3ccccc3)c2)cc1Cl.CNC(=S)N(N)C(C)(C)C.NC(CO)c1ccccc1.O=C(c1ccc[nH]1)C(Cl)(Cl)Cl. The Hall–Kier alpha value is -7.81. The number of thiocarbonyl (C=S) groups is 1. The first kappa shape index (κ1) is 102. The maximum Gasteiger partial charge on any atom is 0.268 e. The van der Waals surface area contributed by atoms with Crippen molar-refractivity contribution in [3.8, 4) is 0 Å². The fraction of sp³-hybridized carbons (Fsp3) is 0.294. The summed E-state index contributed by atoms with van der Waals surface area (Å²) in [6.45, 7) is 7.67. The van der Waals surface area contributed by atoms with E-state index in [-0.39, 0.29) is 78.7 Å².